The van der Waals surface area contributed by atoms with Crippen LogP contribution in [0.4, 0.5) is 5.82 Å². The molecule has 0 aromatic carbocycles. The molecule has 1 unspecified atom stereocenters. The molecule has 1 aromatic heterocycles. The van der Waals surface area contributed by atoms with Crippen molar-refractivity contribution in [2.24, 2.45) is 11.8 Å². The molecule has 0 N–H and O–H groups in total. The number of hydrogen-bond donors (Lipinski definition) is 0. The summed E-state index contributed by atoms with van der Waals surface area (Å²) < 4.78 is 0. The van der Waals surface area contributed by atoms with Gasteiger partial charge in [-0.15, -0.1) is 0 Å². The van der Waals surface area contributed by atoms with Gasteiger partial charge >= 0.3 is 0 Å². The number of fused-ring (bicyclic) bond motifs is 1. The second-order valence-electron chi connectivity index (χ2n) is 10.5. The normalized spacial score (nSPS) is 25.3. The fourth-order valence-corrected chi connectivity index (χ4v) is 6.45. The predicted octanol–water partition coefficient (Wildman–Crippen LogP) is 4.89. The monoisotopic (exact) mass is 438 g/mol. The molecular weight excluding hydrogens is 400 g/mol. The van der Waals surface area contributed by atoms with E-state index in [1.165, 1.54) is 51.4 Å². The van der Waals surface area contributed by atoms with E-state index in [9.17, 15) is 9.59 Å². The lowest BCUT2D eigenvalue weighted by Gasteiger charge is -2.34. The fraction of sp³-hybridized carbons (Fsp3) is 0.769. The molecule has 6 heteroatoms. The molecule has 0 bridgehead atoms. The fourth-order valence-electron chi connectivity index (χ4n) is 6.45. The van der Waals surface area contributed by atoms with Gasteiger partial charge in [0.25, 0.3) is 0 Å². The number of amides is 2. The smallest absolute Gasteiger partial charge is 0.228 e. The van der Waals surface area contributed by atoms with Crippen LogP contribution in [0.25, 0.3) is 0 Å². The molecule has 1 saturated heterocycles. The Kier molecular flexibility index (Phi) is 6.47. The molecule has 3 fully saturated rings. The van der Waals surface area contributed by atoms with E-state index in [0.29, 0.717) is 18.2 Å². The van der Waals surface area contributed by atoms with Crippen LogP contribution in [0.15, 0.2) is 0 Å². The number of likely N-dealkylation sites (tertiary alicyclic amines) is 1. The van der Waals surface area contributed by atoms with Crippen molar-refractivity contribution in [1.29, 1.82) is 0 Å². The zero-order valence-electron chi connectivity index (χ0n) is 19.7. The number of carbonyl (C=O) groups excluding carboxylic acids is 2. The first-order valence-corrected chi connectivity index (χ1v) is 13.1. The summed E-state index contributed by atoms with van der Waals surface area (Å²) in [6.45, 7) is 3.65. The standard InChI is InChI=1S/C26H38N4O2/c1-18-21-14-15-23(31)30(17-19-9-4-2-5-10-19)25(21)28-24(27-18)22-13-8-16-29(22)26(32)20-11-6-3-7-12-20/h19-20,22H,2-17H2,1H3. The van der Waals surface area contributed by atoms with Gasteiger partial charge in [0.1, 0.15) is 5.82 Å². The zero-order chi connectivity index (χ0) is 22.1. The first-order valence-electron chi connectivity index (χ1n) is 13.1. The van der Waals surface area contributed by atoms with Crippen LogP contribution in [0.1, 0.15) is 107 Å². The molecule has 2 aliphatic carbocycles. The third-order valence-corrected chi connectivity index (χ3v) is 8.31. The summed E-state index contributed by atoms with van der Waals surface area (Å²) >= 11 is 0. The first-order chi connectivity index (χ1) is 15.6. The Bertz CT molecular complexity index is 858. The number of carbonyl (C=O) groups is 2. The average Bonchev–Trinajstić information content (AvgIpc) is 3.31. The van der Waals surface area contributed by atoms with Crippen molar-refractivity contribution in [2.75, 3.05) is 18.0 Å². The minimum atomic E-state index is -0.0398. The minimum Gasteiger partial charge on any atom is -0.332 e. The number of aromatic nitrogens is 2. The summed E-state index contributed by atoms with van der Waals surface area (Å²) in [4.78, 5) is 40.3. The lowest BCUT2D eigenvalue weighted by Crippen LogP contribution is -2.41. The van der Waals surface area contributed by atoms with E-state index in [2.05, 4.69) is 11.8 Å². The van der Waals surface area contributed by atoms with Gasteiger partial charge in [0.2, 0.25) is 11.8 Å². The SMILES string of the molecule is Cc1nc(C2CCCN2C(=O)C2CCCCC2)nc2c1CCC(=O)N2CC1CCCCC1. The topological polar surface area (TPSA) is 66.4 Å². The first kappa shape index (κ1) is 21.8. The summed E-state index contributed by atoms with van der Waals surface area (Å²) in [6.07, 6.45) is 15.1. The van der Waals surface area contributed by atoms with Gasteiger partial charge in [-0.3, -0.25) is 14.5 Å². The third kappa shape index (κ3) is 4.29. The highest BCUT2D eigenvalue weighted by Gasteiger charge is 2.38. The van der Waals surface area contributed by atoms with Crippen LogP contribution in [-0.2, 0) is 16.0 Å². The van der Waals surface area contributed by atoms with Gasteiger partial charge in [0, 0.05) is 36.7 Å². The second kappa shape index (κ2) is 9.48. The molecule has 0 radical (unpaired) electrons. The lowest BCUT2D eigenvalue weighted by atomic mass is 9.88. The highest BCUT2D eigenvalue weighted by Crippen LogP contribution is 2.37. The van der Waals surface area contributed by atoms with Gasteiger partial charge in [0.15, 0.2) is 5.82 Å². The average molecular weight is 439 g/mol. The Morgan fingerprint density at radius 3 is 2.38 bits per heavy atom. The third-order valence-electron chi connectivity index (χ3n) is 8.31. The molecule has 0 spiro atoms. The van der Waals surface area contributed by atoms with Crippen LogP contribution >= 0.6 is 0 Å². The molecule has 4 aliphatic rings. The minimum absolute atomic E-state index is 0.0398. The van der Waals surface area contributed by atoms with Gasteiger partial charge in [0.05, 0.1) is 6.04 Å². The Balaban J connectivity index is 1.42. The molecule has 2 aliphatic heterocycles. The Morgan fingerprint density at radius 1 is 0.906 bits per heavy atom. The molecule has 2 saturated carbocycles. The molecule has 5 rings (SSSR count). The van der Waals surface area contributed by atoms with Gasteiger partial charge in [-0.2, -0.15) is 0 Å². The predicted molar refractivity (Wildman–Crippen MR) is 124 cm³/mol. The molecule has 2 amide bonds. The van der Waals surface area contributed by atoms with Crippen molar-refractivity contribution in [3.63, 3.8) is 0 Å². The molecule has 3 heterocycles. The molecule has 174 valence electrons. The van der Waals surface area contributed by atoms with Crippen molar-refractivity contribution in [3.05, 3.63) is 17.1 Å². The van der Waals surface area contributed by atoms with E-state index in [1.807, 2.05) is 4.90 Å². The lowest BCUT2D eigenvalue weighted by molar-refractivity contribution is -0.137. The van der Waals surface area contributed by atoms with Crippen LogP contribution in [0.2, 0.25) is 0 Å². The van der Waals surface area contributed by atoms with Gasteiger partial charge < -0.3 is 4.90 Å². The van der Waals surface area contributed by atoms with E-state index < -0.39 is 0 Å². The number of aryl methyl sites for hydroxylation is 1. The zero-order valence-corrected chi connectivity index (χ0v) is 19.7. The van der Waals surface area contributed by atoms with Gasteiger partial charge in [-0.1, -0.05) is 38.5 Å². The van der Waals surface area contributed by atoms with Gasteiger partial charge in [-0.25, -0.2) is 9.97 Å². The maximum Gasteiger partial charge on any atom is 0.228 e. The second-order valence-corrected chi connectivity index (χ2v) is 10.5. The van der Waals surface area contributed by atoms with Crippen LogP contribution in [-0.4, -0.2) is 39.8 Å². The summed E-state index contributed by atoms with van der Waals surface area (Å²) in [6, 6.07) is -0.0398. The van der Waals surface area contributed by atoms with Crippen LogP contribution in [0.3, 0.4) is 0 Å². The highest BCUT2D eigenvalue weighted by molar-refractivity contribution is 5.95. The number of rotatable bonds is 4. The molecular formula is C26H38N4O2. The van der Waals surface area contributed by atoms with Crippen molar-refractivity contribution in [3.8, 4) is 0 Å². The summed E-state index contributed by atoms with van der Waals surface area (Å²) in [5.41, 5.74) is 2.12. The number of nitrogens with zero attached hydrogens (tertiary/aromatic N) is 4. The molecule has 6 nitrogen and oxygen atoms in total. The quantitative estimate of drug-likeness (QED) is 0.671. The van der Waals surface area contributed by atoms with Crippen molar-refractivity contribution in [1.82, 2.24) is 14.9 Å². The van der Waals surface area contributed by atoms with E-state index in [4.69, 9.17) is 9.97 Å². The van der Waals surface area contributed by atoms with E-state index in [-0.39, 0.29) is 17.9 Å². The largest absolute Gasteiger partial charge is 0.332 e. The van der Waals surface area contributed by atoms with E-state index in [0.717, 1.165) is 68.1 Å². The summed E-state index contributed by atoms with van der Waals surface area (Å²) in [7, 11) is 0. The maximum absolute atomic E-state index is 13.3. The molecule has 32 heavy (non-hydrogen) atoms. The van der Waals surface area contributed by atoms with Crippen molar-refractivity contribution >= 4 is 17.6 Å². The Morgan fingerprint density at radius 2 is 1.62 bits per heavy atom. The summed E-state index contributed by atoms with van der Waals surface area (Å²) in [5.74, 6) is 2.85. The number of hydrogen-bond acceptors (Lipinski definition) is 4. The maximum atomic E-state index is 13.3. The highest BCUT2D eigenvalue weighted by atomic mass is 16.2. The van der Waals surface area contributed by atoms with Crippen LogP contribution in [0, 0.1) is 18.8 Å². The van der Waals surface area contributed by atoms with Crippen LogP contribution < -0.4 is 4.90 Å². The summed E-state index contributed by atoms with van der Waals surface area (Å²) in [5, 5.41) is 0. The number of anilines is 1. The van der Waals surface area contributed by atoms with Crippen LogP contribution in [0.5, 0.6) is 0 Å². The van der Waals surface area contributed by atoms with Crippen molar-refractivity contribution < 1.29 is 9.59 Å². The molecule has 1 aromatic rings. The Hall–Kier alpha value is -1.98. The van der Waals surface area contributed by atoms with Gasteiger partial charge in [-0.05, 0) is 57.8 Å². The molecule has 1 atom stereocenters. The van der Waals surface area contributed by atoms with Crippen molar-refractivity contribution in [2.45, 2.75) is 103 Å². The van der Waals surface area contributed by atoms with E-state index in [1.54, 1.807) is 0 Å². The van der Waals surface area contributed by atoms with E-state index >= 15 is 0 Å². The Labute approximate surface area is 192 Å².